The number of rotatable bonds is 0. The molecule has 38 valence electrons. The molecule has 0 bridgehead atoms. The Morgan fingerprint density at radius 3 is 1.29 bits per heavy atom. The molecule has 0 saturated heterocycles. The molecule has 0 aromatic carbocycles. The van der Waals surface area contributed by atoms with Gasteiger partial charge in [-0.2, -0.15) is 0 Å². The molecule has 0 aliphatic rings. The van der Waals surface area contributed by atoms with Gasteiger partial charge in [-0.3, -0.25) is 0 Å². The van der Waals surface area contributed by atoms with Crippen molar-refractivity contribution in [2.45, 2.75) is 0 Å². The molecule has 0 amide bonds. The average Bonchev–Trinajstić information content (AvgIpc) is 0.722. The first-order valence-electron chi connectivity index (χ1n) is 0.632. The molecule has 0 radical (unpaired) electrons. The van der Waals surface area contributed by atoms with Crippen LogP contribution in [0.3, 0.4) is 0 Å². The van der Waals surface area contributed by atoms with Crippen LogP contribution in [0, 0.1) is 0 Å². The van der Waals surface area contributed by atoms with Gasteiger partial charge in [0.2, 0.25) is 0 Å². The van der Waals surface area contributed by atoms with Crippen LogP contribution in [0.4, 0.5) is 0 Å². The van der Waals surface area contributed by atoms with Crippen LogP contribution in [-0.4, -0.2) is 27.2 Å². The van der Waals surface area contributed by atoms with Crippen LogP contribution in [0.15, 0.2) is 0 Å². The van der Waals surface area contributed by atoms with E-state index in [-0.39, 0.29) is 78.7 Å². The van der Waals surface area contributed by atoms with Gasteiger partial charge in [0, 0.05) is 0 Å². The van der Waals surface area contributed by atoms with E-state index in [4.69, 9.17) is 15.7 Å². The van der Waals surface area contributed by atoms with E-state index in [2.05, 4.69) is 0 Å². The molecule has 0 aliphatic heterocycles. The number of hydrogen-bond acceptors (Lipinski definition) is 3. The van der Waals surface area contributed by atoms with Gasteiger partial charge in [0.1, 0.15) is 0 Å². The van der Waals surface area contributed by atoms with Crippen LogP contribution < -0.4 is 51.4 Å². The fourth-order valence-corrected chi connectivity index (χ4v) is 0. The Labute approximate surface area is 105 Å². The molecule has 0 spiro atoms. The van der Waals surface area contributed by atoms with Gasteiger partial charge in [-0.25, -0.2) is 0 Å². The summed E-state index contributed by atoms with van der Waals surface area (Å²) in [5, 5.41) is 0. The third kappa shape index (κ3) is 62.8. The molecule has 0 heterocycles. The molecular formula is H4KMgMnO4. The molecule has 0 aliphatic carbocycles. The predicted octanol–water partition coefficient (Wildman–Crippen LogP) is -3.96. The molecule has 7 heteroatoms. The zero-order valence-electron chi connectivity index (χ0n) is 6.76. The van der Waals surface area contributed by atoms with Gasteiger partial charge in [-0.1, -0.05) is 0 Å². The van der Waals surface area contributed by atoms with Crippen molar-refractivity contribution < 1.29 is 84.3 Å². The van der Waals surface area contributed by atoms with E-state index in [1.807, 2.05) is 0 Å². The molecule has 1 N–H and O–H groups in total. The third-order valence-corrected chi connectivity index (χ3v) is 0. The van der Waals surface area contributed by atoms with Crippen molar-refractivity contribution in [3.05, 3.63) is 0 Å². The molecule has 0 aromatic rings. The Bertz CT molecular complexity index is 142. The van der Waals surface area contributed by atoms with Crippen molar-refractivity contribution in [2.24, 2.45) is 0 Å². The zero-order chi connectivity index (χ0) is 4.50. The monoisotopic (exact) mass is 186 g/mol. The maximum absolute atomic E-state index is 8.69. The van der Waals surface area contributed by atoms with Gasteiger partial charge >= 0.3 is 103 Å². The van der Waals surface area contributed by atoms with E-state index in [0.717, 1.165) is 0 Å². The molecule has 0 aromatic heterocycles. The summed E-state index contributed by atoms with van der Waals surface area (Å²) in [7, 11) is 0. The van der Waals surface area contributed by atoms with Crippen LogP contribution in [0.5, 0.6) is 0 Å². The minimum absolute atomic E-state index is 0. The third-order valence-electron chi connectivity index (χ3n) is 0. The Kier molecular flexibility index (Phi) is 14.8. The van der Waals surface area contributed by atoms with Gasteiger partial charge < -0.3 is 4.28 Å². The van der Waals surface area contributed by atoms with Crippen molar-refractivity contribution in [1.29, 1.82) is 0 Å². The van der Waals surface area contributed by atoms with Gasteiger partial charge in [-0.05, 0) is 0 Å². The summed E-state index contributed by atoms with van der Waals surface area (Å²) in [6.07, 6.45) is 0. The normalized spacial score (nSPS) is 8.14. The number of hydrogen-bond donors (Lipinski definition) is 1. The summed E-state index contributed by atoms with van der Waals surface area (Å²) >= 11 is -5.38. The Hall–Kier alpha value is 2.28. The van der Waals surface area contributed by atoms with E-state index in [0.29, 0.717) is 0 Å². The summed E-state index contributed by atoms with van der Waals surface area (Å²) in [5.41, 5.74) is 0. The summed E-state index contributed by atoms with van der Waals surface area (Å²) in [5.74, 6) is 0. The molecule has 4 nitrogen and oxygen atoms in total. The molecule has 0 atom stereocenters. The van der Waals surface area contributed by atoms with Gasteiger partial charge in [0.15, 0.2) is 0 Å². The molecule has 7 heavy (non-hydrogen) atoms. The van der Waals surface area contributed by atoms with Crippen molar-refractivity contribution in [2.75, 3.05) is 0 Å². The Morgan fingerprint density at radius 1 is 1.29 bits per heavy atom. The fourth-order valence-electron chi connectivity index (χ4n) is 0. The summed E-state index contributed by atoms with van der Waals surface area (Å²) < 4.78 is 33.1. The fraction of sp³-hybridized carbons (Fsp3) is 0. The van der Waals surface area contributed by atoms with E-state index in [1.54, 1.807) is 0 Å². The van der Waals surface area contributed by atoms with Crippen molar-refractivity contribution >= 4 is 23.1 Å². The van der Waals surface area contributed by atoms with Crippen molar-refractivity contribution in [3.63, 3.8) is 0 Å². The van der Waals surface area contributed by atoms with E-state index < -0.39 is 13.0 Å². The summed E-state index contributed by atoms with van der Waals surface area (Å²) in [4.78, 5) is 0. The van der Waals surface area contributed by atoms with Crippen molar-refractivity contribution in [1.82, 2.24) is 0 Å². The second-order valence-corrected chi connectivity index (χ2v) is 1.63. The second-order valence-electron chi connectivity index (χ2n) is 0.396. The van der Waals surface area contributed by atoms with Crippen LogP contribution in [-0.2, 0) is 24.5 Å². The molecule has 0 unspecified atom stereocenters. The SMILES string of the molecule is [H-].[H-].[H-].[K+].[Mg+2].[O]=[Mn](=[O])(=[O])[OH]. The molecule has 0 rings (SSSR count). The van der Waals surface area contributed by atoms with E-state index in [9.17, 15) is 0 Å². The van der Waals surface area contributed by atoms with Crippen LogP contribution in [0.2, 0.25) is 0 Å². The second kappa shape index (κ2) is 6.40. The first-order chi connectivity index (χ1) is 2.00. The first-order valence-corrected chi connectivity index (χ1v) is 2.61. The Balaban J connectivity index is -0.00000000800. The first kappa shape index (κ1) is 16.1. The average molecular weight is 186 g/mol. The summed E-state index contributed by atoms with van der Waals surface area (Å²) in [6.45, 7) is 0. The van der Waals surface area contributed by atoms with Gasteiger partial charge in [0.05, 0.1) is 0 Å². The van der Waals surface area contributed by atoms with Gasteiger partial charge in [-0.15, -0.1) is 0 Å². The van der Waals surface area contributed by atoms with Crippen molar-refractivity contribution in [3.8, 4) is 0 Å². The molecule has 0 fully saturated rings. The van der Waals surface area contributed by atoms with E-state index in [1.165, 1.54) is 0 Å². The van der Waals surface area contributed by atoms with Gasteiger partial charge in [0.25, 0.3) is 0 Å². The van der Waals surface area contributed by atoms with Crippen LogP contribution in [0.25, 0.3) is 0 Å². The zero-order valence-corrected chi connectivity index (χ0v) is 9.47. The van der Waals surface area contributed by atoms with E-state index >= 15 is 0 Å². The predicted molar refractivity (Wildman–Crippen MR) is 13.4 cm³/mol. The minimum atomic E-state index is -5.38. The topological polar surface area (TPSA) is 71.4 Å². The Morgan fingerprint density at radius 2 is 1.29 bits per heavy atom. The molecule has 0 saturated carbocycles. The summed E-state index contributed by atoms with van der Waals surface area (Å²) in [6, 6.07) is 0. The quantitative estimate of drug-likeness (QED) is 0.392. The standard InChI is InChI=1S/K.Mg.Mn.H2O.3O.3H/h;;;1H2;;;;;;/q+1;+2;+1;;;;;3*-1/p-1. The van der Waals surface area contributed by atoms with Crippen LogP contribution in [0.1, 0.15) is 4.28 Å². The maximum atomic E-state index is 8.69. The molecular weight excluding hydrogens is 182 g/mol. The van der Waals surface area contributed by atoms with Crippen LogP contribution >= 0.6 is 0 Å².